The zero-order valence-corrected chi connectivity index (χ0v) is 13.9. The first-order chi connectivity index (χ1) is 10.4. The van der Waals surface area contributed by atoms with Crippen molar-refractivity contribution < 1.29 is 17.9 Å². The van der Waals surface area contributed by atoms with Gasteiger partial charge in [-0.3, -0.25) is 0 Å². The lowest BCUT2D eigenvalue weighted by Gasteiger charge is -2.35. The van der Waals surface area contributed by atoms with E-state index in [1.807, 2.05) is 44.2 Å². The van der Waals surface area contributed by atoms with Gasteiger partial charge in [0.2, 0.25) is 10.0 Å². The molecule has 0 aliphatic carbocycles. The molecule has 6 nitrogen and oxygen atoms in total. The van der Waals surface area contributed by atoms with Crippen molar-refractivity contribution >= 4 is 15.7 Å². The van der Waals surface area contributed by atoms with Gasteiger partial charge in [0.25, 0.3) is 0 Å². The third kappa shape index (κ3) is 5.92. The Hall–Kier alpha value is -1.15. The maximum atomic E-state index is 12.0. The lowest BCUT2D eigenvalue weighted by Crippen LogP contribution is -2.47. The predicted octanol–water partition coefficient (Wildman–Crippen LogP) is 1.21. The van der Waals surface area contributed by atoms with Crippen molar-refractivity contribution in [1.82, 2.24) is 4.72 Å². The summed E-state index contributed by atoms with van der Waals surface area (Å²) in [5.41, 5.74) is 0.528. The molecule has 124 valence electrons. The fourth-order valence-corrected chi connectivity index (χ4v) is 3.50. The van der Waals surface area contributed by atoms with Crippen LogP contribution in [-0.2, 0) is 19.5 Å². The van der Waals surface area contributed by atoms with E-state index in [4.69, 9.17) is 9.47 Å². The topological polar surface area (TPSA) is 76.7 Å². The Balaban J connectivity index is 1.72. The van der Waals surface area contributed by atoms with Crippen molar-refractivity contribution in [2.45, 2.75) is 25.6 Å². The fraction of sp³-hybridized carbons (Fsp3) is 0.600. The van der Waals surface area contributed by atoms with E-state index < -0.39 is 21.7 Å². The van der Waals surface area contributed by atoms with Crippen LogP contribution in [0.15, 0.2) is 30.3 Å². The van der Waals surface area contributed by atoms with E-state index >= 15 is 0 Å². The minimum absolute atomic E-state index is 0.0816. The molecular weight excluding hydrogens is 304 g/mol. The van der Waals surface area contributed by atoms with Crippen LogP contribution in [0, 0.1) is 0 Å². The van der Waals surface area contributed by atoms with Gasteiger partial charge in [-0.15, -0.1) is 0 Å². The molecule has 0 unspecified atom stereocenters. The third-order valence-electron chi connectivity index (χ3n) is 3.19. The minimum Gasteiger partial charge on any atom is -0.384 e. The Morgan fingerprint density at radius 2 is 1.95 bits per heavy atom. The number of anilines is 1. The molecular formula is C15H24N2O4S. The van der Waals surface area contributed by atoms with Gasteiger partial charge in [-0.1, -0.05) is 18.2 Å². The number of rotatable bonds is 7. The first-order valence-electron chi connectivity index (χ1n) is 7.38. The summed E-state index contributed by atoms with van der Waals surface area (Å²) in [6, 6.07) is 9.65. The van der Waals surface area contributed by atoms with E-state index in [1.54, 1.807) is 0 Å². The molecule has 0 saturated carbocycles. The van der Waals surface area contributed by atoms with E-state index in [-0.39, 0.29) is 5.75 Å². The van der Waals surface area contributed by atoms with Gasteiger partial charge in [0.05, 0.1) is 30.7 Å². The second kappa shape index (κ2) is 7.41. The largest absolute Gasteiger partial charge is 0.384 e. The second-order valence-electron chi connectivity index (χ2n) is 5.98. The molecule has 0 aromatic heterocycles. The van der Waals surface area contributed by atoms with Crippen molar-refractivity contribution in [3.05, 3.63) is 30.3 Å². The van der Waals surface area contributed by atoms with Crippen molar-refractivity contribution in [2.75, 3.05) is 37.4 Å². The summed E-state index contributed by atoms with van der Waals surface area (Å²) >= 11 is 0. The van der Waals surface area contributed by atoms with Gasteiger partial charge in [-0.05, 0) is 26.0 Å². The van der Waals surface area contributed by atoms with Gasteiger partial charge in [-0.2, -0.15) is 0 Å². The molecule has 1 atom stereocenters. The van der Waals surface area contributed by atoms with E-state index in [0.717, 1.165) is 5.69 Å². The highest BCUT2D eigenvalue weighted by atomic mass is 32.2. The van der Waals surface area contributed by atoms with Gasteiger partial charge < -0.3 is 14.8 Å². The predicted molar refractivity (Wildman–Crippen MR) is 86.5 cm³/mol. The molecule has 0 radical (unpaired) electrons. The highest BCUT2D eigenvalue weighted by molar-refractivity contribution is 7.89. The zero-order valence-electron chi connectivity index (χ0n) is 13.0. The fourth-order valence-electron chi connectivity index (χ4n) is 2.31. The lowest BCUT2D eigenvalue weighted by molar-refractivity contribution is -0.174. The van der Waals surface area contributed by atoms with Crippen molar-refractivity contribution in [2.24, 2.45) is 0 Å². The summed E-state index contributed by atoms with van der Waals surface area (Å²) in [7, 11) is -3.38. The molecule has 0 bridgehead atoms. The summed E-state index contributed by atoms with van der Waals surface area (Å²) in [5.74, 6) is -0.0816. The van der Waals surface area contributed by atoms with Gasteiger partial charge in [0.15, 0.2) is 0 Å². The van der Waals surface area contributed by atoms with Gasteiger partial charge in [-0.25, -0.2) is 13.1 Å². The van der Waals surface area contributed by atoms with Crippen molar-refractivity contribution in [3.63, 3.8) is 0 Å². The lowest BCUT2D eigenvalue weighted by atomic mass is 10.1. The Labute approximate surface area is 132 Å². The van der Waals surface area contributed by atoms with E-state index in [1.165, 1.54) is 0 Å². The van der Waals surface area contributed by atoms with Crippen LogP contribution in [0.25, 0.3) is 0 Å². The summed E-state index contributed by atoms with van der Waals surface area (Å²) < 4.78 is 37.8. The van der Waals surface area contributed by atoms with Crippen LogP contribution in [0.2, 0.25) is 0 Å². The number of ether oxygens (including phenoxy) is 2. The molecule has 2 N–H and O–H groups in total. The number of nitrogens with one attached hydrogen (secondary N) is 2. The Kier molecular flexibility index (Phi) is 5.80. The minimum atomic E-state index is -3.38. The van der Waals surface area contributed by atoms with E-state index in [2.05, 4.69) is 10.0 Å². The number of benzene rings is 1. The first kappa shape index (κ1) is 17.2. The molecule has 0 spiro atoms. The van der Waals surface area contributed by atoms with Gasteiger partial charge >= 0.3 is 0 Å². The van der Waals surface area contributed by atoms with Crippen LogP contribution < -0.4 is 10.0 Å². The second-order valence-corrected chi connectivity index (χ2v) is 7.83. The molecule has 1 aliphatic rings. The highest BCUT2D eigenvalue weighted by Gasteiger charge is 2.32. The third-order valence-corrected chi connectivity index (χ3v) is 4.65. The molecule has 1 saturated heterocycles. The molecule has 7 heteroatoms. The average molecular weight is 328 g/mol. The molecule has 1 fully saturated rings. The Bertz CT molecular complexity index is 560. The van der Waals surface area contributed by atoms with Crippen molar-refractivity contribution in [1.29, 1.82) is 0 Å². The Morgan fingerprint density at radius 1 is 1.23 bits per heavy atom. The van der Waals surface area contributed by atoms with Gasteiger partial charge in [0.1, 0.15) is 0 Å². The van der Waals surface area contributed by atoms with Gasteiger partial charge in [0, 0.05) is 18.8 Å². The summed E-state index contributed by atoms with van der Waals surface area (Å²) in [6.07, 6.45) is -0.427. The molecule has 1 aromatic rings. The van der Waals surface area contributed by atoms with Crippen LogP contribution in [0.1, 0.15) is 13.8 Å². The van der Waals surface area contributed by atoms with E-state index in [9.17, 15) is 8.42 Å². The molecule has 1 heterocycles. The highest BCUT2D eigenvalue weighted by Crippen LogP contribution is 2.19. The molecule has 0 amide bonds. The Morgan fingerprint density at radius 3 is 2.64 bits per heavy atom. The number of para-hydroxylation sites is 1. The smallest absolute Gasteiger partial charge is 0.214 e. The monoisotopic (exact) mass is 328 g/mol. The van der Waals surface area contributed by atoms with Crippen LogP contribution in [0.4, 0.5) is 5.69 Å². The van der Waals surface area contributed by atoms with Crippen LogP contribution in [-0.4, -0.2) is 52.2 Å². The number of sulfonamides is 1. The summed E-state index contributed by atoms with van der Waals surface area (Å²) in [6.45, 7) is 5.43. The van der Waals surface area contributed by atoms with E-state index in [0.29, 0.717) is 26.3 Å². The quantitative estimate of drug-likeness (QED) is 0.736. The normalized spacial score (nSPS) is 21.5. The van der Waals surface area contributed by atoms with Crippen LogP contribution >= 0.6 is 0 Å². The molecule has 1 aromatic carbocycles. The average Bonchev–Trinajstić information content (AvgIpc) is 2.43. The number of hydrogen-bond acceptors (Lipinski definition) is 5. The molecule has 22 heavy (non-hydrogen) atoms. The van der Waals surface area contributed by atoms with Crippen LogP contribution in [0.3, 0.4) is 0 Å². The number of hydrogen-bond donors (Lipinski definition) is 2. The summed E-state index contributed by atoms with van der Waals surface area (Å²) in [4.78, 5) is 0. The zero-order chi connectivity index (χ0) is 16.1. The van der Waals surface area contributed by atoms with Crippen molar-refractivity contribution in [3.8, 4) is 0 Å². The van der Waals surface area contributed by atoms with Crippen LogP contribution in [0.5, 0.6) is 0 Å². The molecule has 1 aliphatic heterocycles. The maximum Gasteiger partial charge on any atom is 0.214 e. The summed E-state index contributed by atoms with van der Waals surface area (Å²) in [5, 5.41) is 3.15. The molecule has 2 rings (SSSR count). The standard InChI is InChI=1S/C15H24N2O4S/c1-15(2)12-20-10-14(21-15)11-22(18,19)17-9-8-16-13-6-4-3-5-7-13/h3-7,14,16-17H,8-12H2,1-2H3/t14-/m1/s1. The SMILES string of the molecule is CC1(C)COC[C@H](CS(=O)(=O)NCCNc2ccccc2)O1. The maximum absolute atomic E-state index is 12.0. The first-order valence-corrected chi connectivity index (χ1v) is 9.03.